The van der Waals surface area contributed by atoms with Gasteiger partial charge in [-0.15, -0.1) is 0 Å². The van der Waals surface area contributed by atoms with Gasteiger partial charge in [-0.1, -0.05) is 6.07 Å². The van der Waals surface area contributed by atoms with Crippen LogP contribution >= 0.6 is 0 Å². The van der Waals surface area contributed by atoms with E-state index in [0.29, 0.717) is 0 Å². The third kappa shape index (κ3) is 2.52. The molecular formula is C11H14F2N2O2. The lowest BCUT2D eigenvalue weighted by molar-refractivity contribution is -0.142. The molecule has 0 aromatic heterocycles. The lowest BCUT2D eigenvalue weighted by atomic mass is 10.0. The molecule has 6 heteroatoms. The van der Waals surface area contributed by atoms with Crippen molar-refractivity contribution >= 4 is 11.7 Å². The molecule has 1 aromatic rings. The summed E-state index contributed by atoms with van der Waals surface area (Å²) in [6.45, 7) is 0. The zero-order valence-corrected chi connectivity index (χ0v) is 9.83. The Morgan fingerprint density at radius 2 is 2.00 bits per heavy atom. The molecule has 94 valence electrons. The van der Waals surface area contributed by atoms with E-state index in [9.17, 15) is 13.6 Å². The summed E-state index contributed by atoms with van der Waals surface area (Å²) in [5, 5.41) is 0. The van der Waals surface area contributed by atoms with Gasteiger partial charge in [-0.25, -0.2) is 8.78 Å². The van der Waals surface area contributed by atoms with E-state index in [2.05, 4.69) is 4.74 Å². The monoisotopic (exact) mass is 244 g/mol. The quantitative estimate of drug-likeness (QED) is 0.812. The first-order valence-corrected chi connectivity index (χ1v) is 4.88. The molecule has 1 rings (SSSR count). The van der Waals surface area contributed by atoms with Crippen molar-refractivity contribution in [1.82, 2.24) is 0 Å². The van der Waals surface area contributed by atoms with Gasteiger partial charge in [0.05, 0.1) is 12.8 Å². The maximum Gasteiger partial charge on any atom is 0.327 e. The normalized spacial score (nSPS) is 12.1. The average molecular weight is 244 g/mol. The summed E-state index contributed by atoms with van der Waals surface area (Å²) in [7, 11) is 4.24. The van der Waals surface area contributed by atoms with Crippen LogP contribution in [-0.2, 0) is 9.53 Å². The Morgan fingerprint density at radius 3 is 2.47 bits per heavy atom. The molecule has 0 radical (unpaired) electrons. The second-order valence-corrected chi connectivity index (χ2v) is 3.69. The molecule has 0 aliphatic rings. The summed E-state index contributed by atoms with van der Waals surface area (Å²) in [6.07, 6.45) is 0. The van der Waals surface area contributed by atoms with Crippen LogP contribution in [0.25, 0.3) is 0 Å². The largest absolute Gasteiger partial charge is 0.468 e. The average Bonchev–Trinajstić information content (AvgIpc) is 2.29. The number of nitrogens with two attached hydrogens (primary N) is 1. The standard InChI is InChI=1S/C11H14F2N2O2/c1-15(2)10-6(9(14)11(16)17-3)4-5-7(12)8(10)13/h4-5,9H,14H2,1-3H3. The fraction of sp³-hybridized carbons (Fsp3) is 0.364. The summed E-state index contributed by atoms with van der Waals surface area (Å²) in [5.41, 5.74) is 5.74. The number of hydrogen-bond donors (Lipinski definition) is 1. The first-order valence-electron chi connectivity index (χ1n) is 4.88. The first-order chi connectivity index (χ1) is 7.90. The summed E-state index contributed by atoms with van der Waals surface area (Å²) in [6, 6.07) is 1.06. The predicted octanol–water partition coefficient (Wildman–Crippen LogP) is 1.20. The Kier molecular flexibility index (Phi) is 4.01. The van der Waals surface area contributed by atoms with Crippen LogP contribution < -0.4 is 10.6 Å². The second-order valence-electron chi connectivity index (χ2n) is 3.69. The number of esters is 1. The van der Waals surface area contributed by atoms with Gasteiger partial charge >= 0.3 is 5.97 Å². The summed E-state index contributed by atoms with van der Waals surface area (Å²) < 4.78 is 31.2. The van der Waals surface area contributed by atoms with E-state index in [0.717, 1.165) is 6.07 Å². The minimum absolute atomic E-state index is 0.0529. The molecule has 0 saturated carbocycles. The Balaban J connectivity index is 3.33. The number of ether oxygens (including phenoxy) is 1. The van der Waals surface area contributed by atoms with E-state index < -0.39 is 23.6 Å². The van der Waals surface area contributed by atoms with Crippen molar-refractivity contribution in [1.29, 1.82) is 0 Å². The molecule has 0 aliphatic carbocycles. The molecule has 0 fully saturated rings. The Hall–Kier alpha value is -1.69. The Labute approximate surface area is 98.0 Å². The van der Waals surface area contributed by atoms with Crippen LogP contribution in [0.4, 0.5) is 14.5 Å². The van der Waals surface area contributed by atoms with Gasteiger partial charge in [0.25, 0.3) is 0 Å². The number of nitrogens with zero attached hydrogens (tertiary/aromatic N) is 1. The van der Waals surface area contributed by atoms with Gasteiger partial charge in [0.2, 0.25) is 0 Å². The predicted molar refractivity (Wildman–Crippen MR) is 59.6 cm³/mol. The molecule has 0 bridgehead atoms. The third-order valence-corrected chi connectivity index (χ3v) is 2.34. The van der Waals surface area contributed by atoms with Crippen molar-refractivity contribution in [3.63, 3.8) is 0 Å². The van der Waals surface area contributed by atoms with E-state index in [4.69, 9.17) is 5.73 Å². The molecule has 1 aromatic carbocycles. The molecule has 0 saturated heterocycles. The molecule has 1 atom stereocenters. The number of benzene rings is 1. The van der Waals surface area contributed by atoms with Gasteiger partial charge in [0, 0.05) is 19.7 Å². The van der Waals surface area contributed by atoms with Gasteiger partial charge in [0.1, 0.15) is 6.04 Å². The smallest absolute Gasteiger partial charge is 0.327 e. The van der Waals surface area contributed by atoms with Crippen molar-refractivity contribution in [2.24, 2.45) is 5.73 Å². The highest BCUT2D eigenvalue weighted by molar-refractivity contribution is 5.80. The number of hydrogen-bond acceptors (Lipinski definition) is 4. The maximum atomic E-state index is 13.6. The summed E-state index contributed by atoms with van der Waals surface area (Å²) in [4.78, 5) is 12.7. The molecule has 0 heterocycles. The molecule has 4 nitrogen and oxygen atoms in total. The molecule has 17 heavy (non-hydrogen) atoms. The number of carbonyl (C=O) groups is 1. The second kappa shape index (κ2) is 5.09. The van der Waals surface area contributed by atoms with Crippen LogP contribution in [0.1, 0.15) is 11.6 Å². The van der Waals surface area contributed by atoms with Crippen LogP contribution in [0.3, 0.4) is 0 Å². The topological polar surface area (TPSA) is 55.6 Å². The highest BCUT2D eigenvalue weighted by Crippen LogP contribution is 2.29. The van der Waals surface area contributed by atoms with Crippen LogP contribution in [-0.4, -0.2) is 27.2 Å². The fourth-order valence-corrected chi connectivity index (χ4v) is 1.51. The summed E-state index contributed by atoms with van der Waals surface area (Å²) >= 11 is 0. The number of anilines is 1. The van der Waals surface area contributed by atoms with Crippen LogP contribution in [0.5, 0.6) is 0 Å². The fourth-order valence-electron chi connectivity index (χ4n) is 1.51. The minimum atomic E-state index is -1.15. The zero-order valence-electron chi connectivity index (χ0n) is 9.83. The lowest BCUT2D eigenvalue weighted by Crippen LogP contribution is -2.26. The minimum Gasteiger partial charge on any atom is -0.468 e. The van der Waals surface area contributed by atoms with Gasteiger partial charge in [-0.2, -0.15) is 0 Å². The molecule has 0 spiro atoms. The zero-order chi connectivity index (χ0) is 13.2. The molecule has 0 aliphatic heterocycles. The highest BCUT2D eigenvalue weighted by atomic mass is 19.2. The van der Waals surface area contributed by atoms with Crippen molar-refractivity contribution < 1.29 is 18.3 Å². The number of methoxy groups -OCH3 is 1. The first kappa shape index (κ1) is 13.4. The Bertz CT molecular complexity index is 436. The Morgan fingerprint density at radius 1 is 1.41 bits per heavy atom. The van der Waals surface area contributed by atoms with Gasteiger partial charge < -0.3 is 15.4 Å². The molecule has 0 amide bonds. The van der Waals surface area contributed by atoms with E-state index >= 15 is 0 Å². The van der Waals surface area contributed by atoms with Gasteiger partial charge in [-0.05, 0) is 6.07 Å². The van der Waals surface area contributed by atoms with E-state index in [1.54, 1.807) is 0 Å². The van der Waals surface area contributed by atoms with E-state index in [1.165, 1.54) is 32.2 Å². The maximum absolute atomic E-state index is 13.6. The summed E-state index contributed by atoms with van der Waals surface area (Å²) in [5.74, 6) is -2.74. The SMILES string of the molecule is COC(=O)C(N)c1ccc(F)c(F)c1N(C)C. The van der Waals surface area contributed by atoms with Crippen LogP contribution in [0.15, 0.2) is 12.1 Å². The van der Waals surface area contributed by atoms with Crippen LogP contribution in [0, 0.1) is 11.6 Å². The lowest BCUT2D eigenvalue weighted by Gasteiger charge is -2.21. The van der Waals surface area contributed by atoms with Crippen molar-refractivity contribution in [3.8, 4) is 0 Å². The van der Waals surface area contributed by atoms with Crippen LogP contribution in [0.2, 0.25) is 0 Å². The number of carbonyl (C=O) groups excluding carboxylic acids is 1. The van der Waals surface area contributed by atoms with Gasteiger partial charge in [0.15, 0.2) is 11.6 Å². The number of halogens is 2. The molecule has 1 unspecified atom stereocenters. The molecular weight excluding hydrogens is 230 g/mol. The van der Waals surface area contributed by atoms with E-state index in [1.807, 2.05) is 0 Å². The van der Waals surface area contributed by atoms with E-state index in [-0.39, 0.29) is 11.3 Å². The van der Waals surface area contributed by atoms with Crippen molar-refractivity contribution in [3.05, 3.63) is 29.3 Å². The highest BCUT2D eigenvalue weighted by Gasteiger charge is 2.24. The van der Waals surface area contributed by atoms with Crippen molar-refractivity contribution in [2.75, 3.05) is 26.1 Å². The van der Waals surface area contributed by atoms with Crippen molar-refractivity contribution in [2.45, 2.75) is 6.04 Å². The molecule has 2 N–H and O–H groups in total. The third-order valence-electron chi connectivity index (χ3n) is 2.34. The number of rotatable bonds is 3. The van der Waals surface area contributed by atoms with Gasteiger partial charge in [-0.3, -0.25) is 4.79 Å².